The first-order valence-corrected chi connectivity index (χ1v) is 8.68. The summed E-state index contributed by atoms with van der Waals surface area (Å²) in [6.07, 6.45) is 3.22. The molecule has 0 spiro atoms. The minimum Gasteiger partial charge on any atom is -0.327 e. The normalized spacial score (nSPS) is 12.9. The Labute approximate surface area is 119 Å². The van der Waals surface area contributed by atoms with Gasteiger partial charge in [-0.2, -0.15) is 0 Å². The van der Waals surface area contributed by atoms with Crippen molar-refractivity contribution in [2.45, 2.75) is 9.79 Å². The maximum absolute atomic E-state index is 11.9. The van der Waals surface area contributed by atoms with Crippen LogP contribution in [0.1, 0.15) is 0 Å². The van der Waals surface area contributed by atoms with Crippen LogP contribution in [0.4, 0.5) is 0 Å². The van der Waals surface area contributed by atoms with Gasteiger partial charge in [-0.05, 0) is 31.3 Å². The fraction of sp³-hybridized carbons (Fsp3) is 0.273. The predicted molar refractivity (Wildman–Crippen MR) is 76.1 cm³/mol. The first kappa shape index (κ1) is 16.8. The summed E-state index contributed by atoms with van der Waals surface area (Å²) in [4.78, 5) is -0.00400. The Hall–Kier alpha value is -1.26. The van der Waals surface area contributed by atoms with Crippen LogP contribution in [-0.2, 0) is 20.0 Å². The van der Waals surface area contributed by atoms with E-state index in [1.165, 1.54) is 31.3 Å². The van der Waals surface area contributed by atoms with Gasteiger partial charge in [-0.25, -0.2) is 26.3 Å². The quantitative estimate of drug-likeness (QED) is 0.579. The second kappa shape index (κ2) is 6.95. The fourth-order valence-electron chi connectivity index (χ4n) is 1.34. The highest BCUT2D eigenvalue weighted by Crippen LogP contribution is 2.13. The number of rotatable bonds is 7. The molecule has 0 aliphatic heterocycles. The summed E-state index contributed by atoms with van der Waals surface area (Å²) in [5.41, 5.74) is 5.23. The SMILES string of the molecule is CNS(=O)(=O)c1ccc(S(=O)(=O)NC/C=C/CN)cc1. The monoisotopic (exact) mass is 319 g/mol. The third kappa shape index (κ3) is 4.39. The number of hydrogen-bond acceptors (Lipinski definition) is 5. The van der Waals surface area contributed by atoms with Gasteiger partial charge in [0, 0.05) is 13.1 Å². The van der Waals surface area contributed by atoms with Gasteiger partial charge < -0.3 is 5.73 Å². The minimum atomic E-state index is -3.67. The standard InChI is InChI=1S/C11H17N3O4S2/c1-13-19(15,16)10-4-6-11(7-5-10)20(17,18)14-9-3-2-8-12/h2-7,13-14H,8-9,12H2,1H3/b3-2+. The Kier molecular flexibility index (Phi) is 5.84. The molecule has 0 bridgehead atoms. The molecule has 0 radical (unpaired) electrons. The van der Waals surface area contributed by atoms with Crippen molar-refractivity contribution in [1.82, 2.24) is 9.44 Å². The van der Waals surface area contributed by atoms with Crippen molar-refractivity contribution in [2.75, 3.05) is 20.1 Å². The van der Waals surface area contributed by atoms with Crippen LogP contribution in [0.5, 0.6) is 0 Å². The Morgan fingerprint density at radius 3 is 1.95 bits per heavy atom. The summed E-state index contributed by atoms with van der Waals surface area (Å²) in [5.74, 6) is 0. The molecule has 7 nitrogen and oxygen atoms in total. The van der Waals surface area contributed by atoms with Gasteiger partial charge in [0.1, 0.15) is 0 Å². The Morgan fingerprint density at radius 1 is 1.00 bits per heavy atom. The van der Waals surface area contributed by atoms with E-state index in [9.17, 15) is 16.8 Å². The molecule has 0 atom stereocenters. The number of hydrogen-bond donors (Lipinski definition) is 3. The maximum atomic E-state index is 11.9. The number of sulfonamides is 2. The number of nitrogens with one attached hydrogen (secondary N) is 2. The van der Waals surface area contributed by atoms with Crippen LogP contribution >= 0.6 is 0 Å². The van der Waals surface area contributed by atoms with Gasteiger partial charge >= 0.3 is 0 Å². The number of nitrogens with two attached hydrogens (primary N) is 1. The maximum Gasteiger partial charge on any atom is 0.240 e. The molecule has 0 aliphatic carbocycles. The molecule has 1 aromatic rings. The molecule has 0 aromatic heterocycles. The van der Waals surface area contributed by atoms with Crippen LogP contribution in [0.15, 0.2) is 46.2 Å². The van der Waals surface area contributed by atoms with Crippen molar-refractivity contribution in [3.05, 3.63) is 36.4 Å². The fourth-order valence-corrected chi connectivity index (χ4v) is 3.04. The Morgan fingerprint density at radius 2 is 1.50 bits per heavy atom. The summed E-state index contributed by atoms with van der Waals surface area (Å²) in [6, 6.07) is 4.94. The van der Waals surface area contributed by atoms with Crippen molar-refractivity contribution >= 4 is 20.0 Å². The highest BCUT2D eigenvalue weighted by Gasteiger charge is 2.15. The zero-order valence-corrected chi connectivity index (χ0v) is 12.5. The second-order valence-corrected chi connectivity index (χ2v) is 7.39. The molecule has 20 heavy (non-hydrogen) atoms. The van der Waals surface area contributed by atoms with Gasteiger partial charge in [0.15, 0.2) is 0 Å². The first-order chi connectivity index (χ1) is 9.33. The van der Waals surface area contributed by atoms with Crippen molar-refractivity contribution < 1.29 is 16.8 Å². The minimum absolute atomic E-state index is 0.00183. The zero-order valence-electron chi connectivity index (χ0n) is 10.9. The average Bonchev–Trinajstić information content (AvgIpc) is 2.44. The summed E-state index contributed by atoms with van der Waals surface area (Å²) in [5, 5.41) is 0. The molecule has 1 rings (SSSR count). The highest BCUT2D eigenvalue weighted by atomic mass is 32.2. The van der Waals surface area contributed by atoms with Crippen LogP contribution < -0.4 is 15.2 Å². The van der Waals surface area contributed by atoms with Crippen molar-refractivity contribution in [3.63, 3.8) is 0 Å². The lowest BCUT2D eigenvalue weighted by Gasteiger charge is -2.06. The zero-order chi connectivity index (χ0) is 15.2. The van der Waals surface area contributed by atoms with E-state index in [0.29, 0.717) is 6.54 Å². The van der Waals surface area contributed by atoms with Crippen LogP contribution in [0.25, 0.3) is 0 Å². The molecule has 0 heterocycles. The van der Waals surface area contributed by atoms with Crippen molar-refractivity contribution in [3.8, 4) is 0 Å². The smallest absolute Gasteiger partial charge is 0.240 e. The summed E-state index contributed by atoms with van der Waals surface area (Å²) < 4.78 is 51.3. The van der Waals surface area contributed by atoms with E-state index in [1.807, 2.05) is 0 Å². The molecule has 112 valence electrons. The molecule has 0 aliphatic rings. The molecule has 1 aromatic carbocycles. The summed E-state index contributed by atoms with van der Waals surface area (Å²) in [7, 11) is -5.96. The molecule has 4 N–H and O–H groups in total. The topological polar surface area (TPSA) is 118 Å². The lowest BCUT2D eigenvalue weighted by Crippen LogP contribution is -2.24. The second-order valence-electron chi connectivity index (χ2n) is 3.74. The highest BCUT2D eigenvalue weighted by molar-refractivity contribution is 7.90. The Bertz CT molecular complexity index is 664. The molecular weight excluding hydrogens is 302 g/mol. The molecular formula is C11H17N3O4S2. The lowest BCUT2D eigenvalue weighted by atomic mass is 10.4. The molecule has 0 unspecified atom stereocenters. The molecule has 0 amide bonds. The van der Waals surface area contributed by atoms with Gasteiger partial charge in [-0.3, -0.25) is 0 Å². The van der Waals surface area contributed by atoms with E-state index in [2.05, 4.69) is 9.44 Å². The van der Waals surface area contributed by atoms with E-state index in [-0.39, 0.29) is 16.3 Å². The third-order valence-corrected chi connectivity index (χ3v) is 5.28. The van der Waals surface area contributed by atoms with E-state index in [0.717, 1.165) is 0 Å². The average molecular weight is 319 g/mol. The van der Waals surface area contributed by atoms with E-state index in [4.69, 9.17) is 5.73 Å². The largest absolute Gasteiger partial charge is 0.327 e. The third-order valence-electron chi connectivity index (χ3n) is 2.41. The Balaban J connectivity index is 2.90. The van der Waals surface area contributed by atoms with E-state index in [1.54, 1.807) is 12.2 Å². The molecule has 9 heteroatoms. The summed E-state index contributed by atoms with van der Waals surface area (Å²) in [6.45, 7) is 0.453. The molecule has 0 saturated carbocycles. The van der Waals surface area contributed by atoms with Crippen LogP contribution in [0.3, 0.4) is 0 Å². The van der Waals surface area contributed by atoms with Gasteiger partial charge in [-0.1, -0.05) is 12.2 Å². The van der Waals surface area contributed by atoms with Crippen LogP contribution in [0.2, 0.25) is 0 Å². The van der Waals surface area contributed by atoms with E-state index < -0.39 is 20.0 Å². The van der Waals surface area contributed by atoms with Gasteiger partial charge in [0.2, 0.25) is 20.0 Å². The lowest BCUT2D eigenvalue weighted by molar-refractivity contribution is 0.582. The van der Waals surface area contributed by atoms with Crippen LogP contribution in [0, 0.1) is 0 Å². The molecule has 0 fully saturated rings. The van der Waals surface area contributed by atoms with Gasteiger partial charge in [0.25, 0.3) is 0 Å². The molecule has 0 saturated heterocycles. The van der Waals surface area contributed by atoms with Crippen molar-refractivity contribution in [2.24, 2.45) is 5.73 Å². The predicted octanol–water partition coefficient (Wildman–Crippen LogP) is -0.612. The van der Waals surface area contributed by atoms with Crippen LogP contribution in [-0.4, -0.2) is 37.0 Å². The summed E-state index contributed by atoms with van der Waals surface area (Å²) >= 11 is 0. The van der Waals surface area contributed by atoms with Gasteiger partial charge in [0.05, 0.1) is 9.79 Å². The number of benzene rings is 1. The van der Waals surface area contributed by atoms with Gasteiger partial charge in [-0.15, -0.1) is 0 Å². The first-order valence-electron chi connectivity index (χ1n) is 5.72. The van der Waals surface area contributed by atoms with E-state index >= 15 is 0 Å². The van der Waals surface area contributed by atoms with Crippen molar-refractivity contribution in [1.29, 1.82) is 0 Å².